The van der Waals surface area contributed by atoms with Gasteiger partial charge in [0.05, 0.1) is 0 Å². The largest absolute Gasteiger partial charge is 0.313 e. The van der Waals surface area contributed by atoms with E-state index in [1.165, 1.54) is 45.3 Å². The molecular formula is C15H33N3. The summed E-state index contributed by atoms with van der Waals surface area (Å²) in [5.74, 6) is 0.763. The first-order valence-corrected chi connectivity index (χ1v) is 7.68. The minimum absolute atomic E-state index is 0.763. The molecule has 1 rings (SSSR count). The van der Waals surface area contributed by atoms with E-state index >= 15 is 0 Å². The van der Waals surface area contributed by atoms with E-state index in [0.29, 0.717) is 0 Å². The highest BCUT2D eigenvalue weighted by atomic mass is 15.2. The molecule has 0 aliphatic heterocycles. The fraction of sp³-hybridized carbons (Fsp3) is 1.00. The summed E-state index contributed by atoms with van der Waals surface area (Å²) in [5.41, 5.74) is 0. The van der Waals surface area contributed by atoms with Crippen molar-refractivity contribution in [3.63, 3.8) is 0 Å². The molecule has 0 unspecified atom stereocenters. The number of likely N-dealkylation sites (N-methyl/N-ethyl adjacent to an activating group) is 1. The van der Waals surface area contributed by atoms with E-state index < -0.39 is 0 Å². The van der Waals surface area contributed by atoms with Crippen LogP contribution in [0.2, 0.25) is 0 Å². The standard InChI is InChI=1S/C15H33N3/c1-14(2)13-18(12-11-17(3)4)10-9-16-15-7-5-6-8-15/h14-16H,5-13H2,1-4H3. The van der Waals surface area contributed by atoms with Crippen LogP contribution < -0.4 is 5.32 Å². The van der Waals surface area contributed by atoms with Gasteiger partial charge in [-0.15, -0.1) is 0 Å². The molecule has 0 heterocycles. The van der Waals surface area contributed by atoms with Gasteiger partial charge in [-0.05, 0) is 32.9 Å². The molecule has 3 heteroatoms. The van der Waals surface area contributed by atoms with Gasteiger partial charge >= 0.3 is 0 Å². The van der Waals surface area contributed by atoms with Crippen molar-refractivity contribution in [1.29, 1.82) is 0 Å². The minimum Gasteiger partial charge on any atom is -0.313 e. The van der Waals surface area contributed by atoms with Crippen LogP contribution in [0.3, 0.4) is 0 Å². The Kier molecular flexibility index (Phi) is 7.87. The zero-order valence-corrected chi connectivity index (χ0v) is 12.9. The van der Waals surface area contributed by atoms with Crippen LogP contribution >= 0.6 is 0 Å². The van der Waals surface area contributed by atoms with E-state index in [0.717, 1.165) is 25.0 Å². The van der Waals surface area contributed by atoms with Crippen molar-refractivity contribution in [3.05, 3.63) is 0 Å². The molecular weight excluding hydrogens is 222 g/mol. The number of hydrogen-bond acceptors (Lipinski definition) is 3. The molecule has 0 spiro atoms. The van der Waals surface area contributed by atoms with Gasteiger partial charge in [-0.2, -0.15) is 0 Å². The molecule has 108 valence electrons. The van der Waals surface area contributed by atoms with Gasteiger partial charge < -0.3 is 15.1 Å². The summed E-state index contributed by atoms with van der Waals surface area (Å²) < 4.78 is 0. The topological polar surface area (TPSA) is 18.5 Å². The van der Waals surface area contributed by atoms with Crippen LogP contribution in [0, 0.1) is 5.92 Å². The van der Waals surface area contributed by atoms with Crippen LogP contribution in [0.25, 0.3) is 0 Å². The Morgan fingerprint density at radius 3 is 2.28 bits per heavy atom. The maximum atomic E-state index is 3.72. The molecule has 0 aromatic rings. The normalized spacial score (nSPS) is 17.5. The van der Waals surface area contributed by atoms with Gasteiger partial charge in [0.25, 0.3) is 0 Å². The average Bonchev–Trinajstić information content (AvgIpc) is 2.77. The smallest absolute Gasteiger partial charge is 0.0110 e. The van der Waals surface area contributed by atoms with Crippen LogP contribution in [-0.2, 0) is 0 Å². The van der Waals surface area contributed by atoms with Gasteiger partial charge in [-0.1, -0.05) is 26.7 Å². The summed E-state index contributed by atoms with van der Waals surface area (Å²) in [5, 5.41) is 3.72. The second-order valence-electron chi connectivity index (χ2n) is 6.43. The summed E-state index contributed by atoms with van der Waals surface area (Å²) in [4.78, 5) is 4.88. The zero-order valence-electron chi connectivity index (χ0n) is 12.9. The Balaban J connectivity index is 2.17. The highest BCUT2D eigenvalue weighted by Crippen LogP contribution is 2.17. The van der Waals surface area contributed by atoms with Crippen LogP contribution in [-0.4, -0.2) is 62.7 Å². The SMILES string of the molecule is CC(C)CN(CCNC1CCCC1)CCN(C)C. The van der Waals surface area contributed by atoms with E-state index in [2.05, 4.69) is 43.1 Å². The quantitative estimate of drug-likeness (QED) is 0.680. The van der Waals surface area contributed by atoms with E-state index in [9.17, 15) is 0 Å². The number of rotatable bonds is 9. The second-order valence-corrected chi connectivity index (χ2v) is 6.43. The molecule has 0 saturated heterocycles. The van der Waals surface area contributed by atoms with Gasteiger partial charge in [0, 0.05) is 38.8 Å². The van der Waals surface area contributed by atoms with Crippen molar-refractivity contribution in [2.24, 2.45) is 5.92 Å². The molecule has 1 aliphatic carbocycles. The van der Waals surface area contributed by atoms with Gasteiger partial charge in [-0.25, -0.2) is 0 Å². The number of nitrogens with one attached hydrogen (secondary N) is 1. The second kappa shape index (κ2) is 8.89. The van der Waals surface area contributed by atoms with Crippen molar-refractivity contribution in [1.82, 2.24) is 15.1 Å². The van der Waals surface area contributed by atoms with Crippen molar-refractivity contribution in [2.75, 3.05) is 46.8 Å². The third-order valence-corrected chi connectivity index (χ3v) is 3.70. The zero-order chi connectivity index (χ0) is 13.4. The molecule has 0 amide bonds. The first-order chi connectivity index (χ1) is 8.58. The van der Waals surface area contributed by atoms with Gasteiger partial charge in [-0.3, -0.25) is 0 Å². The summed E-state index contributed by atoms with van der Waals surface area (Å²) in [6, 6.07) is 0.805. The van der Waals surface area contributed by atoms with E-state index in [4.69, 9.17) is 0 Å². The van der Waals surface area contributed by atoms with Crippen molar-refractivity contribution in [2.45, 2.75) is 45.6 Å². The molecule has 0 aromatic heterocycles. The molecule has 1 saturated carbocycles. The molecule has 0 radical (unpaired) electrons. The van der Waals surface area contributed by atoms with Crippen LogP contribution in [0.1, 0.15) is 39.5 Å². The highest BCUT2D eigenvalue weighted by molar-refractivity contribution is 4.74. The third-order valence-electron chi connectivity index (χ3n) is 3.70. The summed E-state index contributed by atoms with van der Waals surface area (Å²) in [6.07, 6.45) is 5.63. The Morgan fingerprint density at radius 2 is 1.72 bits per heavy atom. The maximum Gasteiger partial charge on any atom is 0.0110 e. The van der Waals surface area contributed by atoms with Crippen LogP contribution in [0.5, 0.6) is 0 Å². The Bertz CT molecular complexity index is 198. The monoisotopic (exact) mass is 255 g/mol. The highest BCUT2D eigenvalue weighted by Gasteiger charge is 2.14. The predicted octanol–water partition coefficient (Wildman–Crippen LogP) is 2.04. The van der Waals surface area contributed by atoms with E-state index in [1.54, 1.807) is 0 Å². The molecule has 3 nitrogen and oxygen atoms in total. The maximum absolute atomic E-state index is 3.72. The Morgan fingerprint density at radius 1 is 1.06 bits per heavy atom. The molecule has 1 fully saturated rings. The van der Waals surface area contributed by atoms with E-state index in [1.807, 2.05) is 0 Å². The fourth-order valence-corrected chi connectivity index (χ4v) is 2.71. The first-order valence-electron chi connectivity index (χ1n) is 7.68. The van der Waals surface area contributed by atoms with E-state index in [-0.39, 0.29) is 0 Å². The van der Waals surface area contributed by atoms with Gasteiger partial charge in [0.1, 0.15) is 0 Å². The third kappa shape index (κ3) is 7.34. The number of nitrogens with zero attached hydrogens (tertiary/aromatic N) is 2. The van der Waals surface area contributed by atoms with Gasteiger partial charge in [0.2, 0.25) is 0 Å². The molecule has 18 heavy (non-hydrogen) atoms. The lowest BCUT2D eigenvalue weighted by Crippen LogP contribution is -2.40. The van der Waals surface area contributed by atoms with Crippen LogP contribution in [0.4, 0.5) is 0 Å². The first kappa shape index (κ1) is 15.9. The molecule has 1 aliphatic rings. The van der Waals surface area contributed by atoms with Gasteiger partial charge in [0.15, 0.2) is 0 Å². The van der Waals surface area contributed by atoms with Crippen molar-refractivity contribution < 1.29 is 0 Å². The molecule has 0 aromatic carbocycles. The van der Waals surface area contributed by atoms with Crippen molar-refractivity contribution in [3.8, 4) is 0 Å². The summed E-state index contributed by atoms with van der Waals surface area (Å²) >= 11 is 0. The minimum atomic E-state index is 0.763. The fourth-order valence-electron chi connectivity index (χ4n) is 2.71. The summed E-state index contributed by atoms with van der Waals surface area (Å²) in [7, 11) is 4.31. The molecule has 0 atom stereocenters. The van der Waals surface area contributed by atoms with Crippen LogP contribution in [0.15, 0.2) is 0 Å². The lowest BCUT2D eigenvalue weighted by Gasteiger charge is -2.26. The lowest BCUT2D eigenvalue weighted by molar-refractivity contribution is 0.217. The Hall–Kier alpha value is -0.120. The predicted molar refractivity (Wildman–Crippen MR) is 80.1 cm³/mol. The Labute approximate surface area is 114 Å². The molecule has 1 N–H and O–H groups in total. The molecule has 0 bridgehead atoms. The lowest BCUT2D eigenvalue weighted by atomic mass is 10.2. The summed E-state index contributed by atoms with van der Waals surface area (Å²) in [6.45, 7) is 10.6. The number of hydrogen-bond donors (Lipinski definition) is 1. The average molecular weight is 255 g/mol. The van der Waals surface area contributed by atoms with Crippen molar-refractivity contribution >= 4 is 0 Å².